The molecule has 2 nitrogen and oxygen atoms in total. The van der Waals surface area contributed by atoms with Gasteiger partial charge in [-0.05, 0) is 17.7 Å². The Morgan fingerprint density at radius 2 is 1.55 bits per heavy atom. The van der Waals surface area contributed by atoms with Crippen LogP contribution in [0.2, 0.25) is 15.1 Å². The van der Waals surface area contributed by atoms with E-state index in [1.807, 2.05) is 4.98 Å². The van der Waals surface area contributed by atoms with Gasteiger partial charge in [0.15, 0.2) is 0 Å². The van der Waals surface area contributed by atoms with Crippen LogP contribution < -0.4 is 5.56 Å². The molecule has 0 aliphatic carbocycles. The number of benzene rings is 1. The fourth-order valence-electron chi connectivity index (χ4n) is 1.66. The van der Waals surface area contributed by atoms with Gasteiger partial charge in [-0.15, -0.1) is 0 Å². The van der Waals surface area contributed by atoms with Crippen molar-refractivity contribution >= 4 is 34.8 Å². The van der Waals surface area contributed by atoms with Gasteiger partial charge in [0, 0.05) is 17.8 Å². The monoisotopic (exact) mass is 341 g/mol. The Balaban J connectivity index is 2.75. The number of H-pyrrole nitrogens is 1. The van der Waals surface area contributed by atoms with Crippen molar-refractivity contribution in [1.82, 2.24) is 4.98 Å². The number of aromatic amines is 1. The van der Waals surface area contributed by atoms with E-state index in [1.165, 1.54) is 12.1 Å². The Morgan fingerprint density at radius 3 is 2.05 bits per heavy atom. The van der Waals surface area contributed by atoms with Crippen LogP contribution in [0, 0.1) is 0 Å². The minimum atomic E-state index is -4.63. The largest absolute Gasteiger partial charge is 0.418 e. The van der Waals surface area contributed by atoms with Crippen molar-refractivity contribution in [3.8, 4) is 11.1 Å². The minimum absolute atomic E-state index is 0.00238. The summed E-state index contributed by atoms with van der Waals surface area (Å²) in [4.78, 5) is 13.3. The number of rotatable bonds is 1. The normalized spacial score (nSPS) is 11.7. The second kappa shape index (κ2) is 5.31. The molecule has 1 N–H and O–H groups in total. The topological polar surface area (TPSA) is 32.9 Å². The molecule has 0 spiro atoms. The lowest BCUT2D eigenvalue weighted by Crippen LogP contribution is -2.13. The molecular weight excluding hydrogens is 337 g/mol. The lowest BCUT2D eigenvalue weighted by Gasteiger charge is -2.13. The summed E-state index contributed by atoms with van der Waals surface area (Å²) in [6.07, 6.45) is -4.02. The van der Waals surface area contributed by atoms with Gasteiger partial charge in [-0.25, -0.2) is 0 Å². The SMILES string of the molecule is O=c1cc(-c2cc(Cl)c(Cl)c(Cl)c2)c(C(F)(F)F)c[nH]1. The Bertz CT molecular complexity index is 702. The predicted molar refractivity (Wildman–Crippen MR) is 72.5 cm³/mol. The van der Waals surface area contributed by atoms with Crippen LogP contribution in [0.3, 0.4) is 0 Å². The molecule has 0 fully saturated rings. The number of alkyl halides is 3. The van der Waals surface area contributed by atoms with Gasteiger partial charge in [-0.3, -0.25) is 4.79 Å². The highest BCUT2D eigenvalue weighted by molar-refractivity contribution is 6.48. The molecule has 0 bridgehead atoms. The number of halogens is 6. The highest BCUT2D eigenvalue weighted by atomic mass is 35.5. The van der Waals surface area contributed by atoms with Crippen LogP contribution in [0.1, 0.15) is 5.56 Å². The van der Waals surface area contributed by atoms with Crippen LogP contribution in [0.25, 0.3) is 11.1 Å². The summed E-state index contributed by atoms with van der Waals surface area (Å²) in [6.45, 7) is 0. The van der Waals surface area contributed by atoms with Crippen molar-refractivity contribution in [3.63, 3.8) is 0 Å². The summed E-state index contributed by atoms with van der Waals surface area (Å²) in [7, 11) is 0. The molecule has 1 aromatic carbocycles. The number of pyridine rings is 1. The molecule has 20 heavy (non-hydrogen) atoms. The summed E-state index contributed by atoms with van der Waals surface area (Å²) in [5, 5.41) is 0.0422. The average molecular weight is 343 g/mol. The number of hydrogen-bond donors (Lipinski definition) is 1. The molecule has 0 saturated carbocycles. The summed E-state index contributed by atoms with van der Waals surface area (Å²) >= 11 is 17.3. The van der Waals surface area contributed by atoms with Gasteiger partial charge < -0.3 is 4.98 Å². The van der Waals surface area contributed by atoms with E-state index in [-0.39, 0.29) is 26.2 Å². The Kier molecular flexibility index (Phi) is 4.04. The first-order chi connectivity index (χ1) is 9.20. The molecule has 1 heterocycles. The lowest BCUT2D eigenvalue weighted by molar-refractivity contribution is -0.137. The quantitative estimate of drug-likeness (QED) is 0.725. The first-order valence-corrected chi connectivity index (χ1v) is 6.28. The summed E-state index contributed by atoms with van der Waals surface area (Å²) in [5.74, 6) is 0. The highest BCUT2D eigenvalue weighted by Gasteiger charge is 2.34. The molecule has 1 aromatic heterocycles. The number of hydrogen-bond acceptors (Lipinski definition) is 1. The molecular formula is C12H5Cl3F3NO. The predicted octanol–water partition coefficient (Wildman–Crippen LogP) is 5.02. The van der Waals surface area contributed by atoms with E-state index >= 15 is 0 Å². The molecule has 0 amide bonds. The van der Waals surface area contributed by atoms with Crippen molar-refractivity contribution in [2.24, 2.45) is 0 Å². The van der Waals surface area contributed by atoms with E-state index in [9.17, 15) is 18.0 Å². The van der Waals surface area contributed by atoms with Gasteiger partial charge in [0.1, 0.15) is 0 Å². The van der Waals surface area contributed by atoms with E-state index < -0.39 is 17.3 Å². The minimum Gasteiger partial charge on any atom is -0.328 e. The van der Waals surface area contributed by atoms with Crippen molar-refractivity contribution in [3.05, 3.63) is 55.4 Å². The van der Waals surface area contributed by atoms with Crippen LogP contribution in [0.4, 0.5) is 13.2 Å². The van der Waals surface area contributed by atoms with Crippen LogP contribution in [0.15, 0.2) is 29.2 Å². The van der Waals surface area contributed by atoms with Crippen molar-refractivity contribution in [2.45, 2.75) is 6.18 Å². The molecule has 106 valence electrons. The van der Waals surface area contributed by atoms with E-state index in [4.69, 9.17) is 34.8 Å². The molecule has 0 saturated heterocycles. The zero-order chi connectivity index (χ0) is 15.1. The van der Waals surface area contributed by atoms with E-state index in [2.05, 4.69) is 0 Å². The summed E-state index contributed by atoms with van der Waals surface area (Å²) in [6, 6.07) is 3.28. The third-order valence-corrected chi connectivity index (χ3v) is 3.72. The van der Waals surface area contributed by atoms with Gasteiger partial charge in [0.05, 0.1) is 20.6 Å². The number of aromatic nitrogens is 1. The van der Waals surface area contributed by atoms with Gasteiger partial charge in [0.2, 0.25) is 5.56 Å². The van der Waals surface area contributed by atoms with Crippen LogP contribution in [-0.4, -0.2) is 4.98 Å². The van der Waals surface area contributed by atoms with Crippen molar-refractivity contribution in [1.29, 1.82) is 0 Å². The third-order valence-electron chi connectivity index (χ3n) is 2.52. The smallest absolute Gasteiger partial charge is 0.328 e. The standard InChI is InChI=1S/C12H5Cl3F3NO/c13-8-1-5(2-9(14)11(8)15)6-3-10(20)19-4-7(6)12(16,17)18/h1-4H,(H,19,20). The summed E-state index contributed by atoms with van der Waals surface area (Å²) in [5.41, 5.74) is -1.92. The zero-order valence-corrected chi connectivity index (χ0v) is 11.8. The molecule has 0 unspecified atom stereocenters. The molecule has 2 aromatic rings. The van der Waals surface area contributed by atoms with Crippen molar-refractivity contribution in [2.75, 3.05) is 0 Å². The van der Waals surface area contributed by atoms with Gasteiger partial charge >= 0.3 is 6.18 Å². The van der Waals surface area contributed by atoms with Gasteiger partial charge in [0.25, 0.3) is 0 Å². The lowest BCUT2D eigenvalue weighted by atomic mass is 10.0. The maximum absolute atomic E-state index is 12.9. The van der Waals surface area contributed by atoms with E-state index in [1.54, 1.807) is 0 Å². The molecule has 0 radical (unpaired) electrons. The van der Waals surface area contributed by atoms with Crippen LogP contribution in [0.5, 0.6) is 0 Å². The van der Waals surface area contributed by atoms with Gasteiger partial charge in [-0.2, -0.15) is 13.2 Å². The fraction of sp³-hybridized carbons (Fsp3) is 0.0833. The first kappa shape index (κ1) is 15.2. The fourth-order valence-corrected chi connectivity index (χ4v) is 2.25. The molecule has 2 rings (SSSR count). The number of nitrogens with one attached hydrogen (secondary N) is 1. The average Bonchev–Trinajstić information content (AvgIpc) is 2.33. The second-order valence-electron chi connectivity index (χ2n) is 3.88. The maximum Gasteiger partial charge on any atom is 0.418 e. The Labute approximate surface area is 126 Å². The molecule has 0 atom stereocenters. The second-order valence-corrected chi connectivity index (χ2v) is 5.07. The third kappa shape index (κ3) is 2.95. The van der Waals surface area contributed by atoms with Crippen LogP contribution in [-0.2, 0) is 6.18 Å². The Morgan fingerprint density at radius 1 is 1.00 bits per heavy atom. The van der Waals surface area contributed by atoms with E-state index in [0.717, 1.165) is 6.07 Å². The zero-order valence-electron chi connectivity index (χ0n) is 9.49. The van der Waals surface area contributed by atoms with Crippen molar-refractivity contribution < 1.29 is 13.2 Å². The van der Waals surface area contributed by atoms with E-state index in [0.29, 0.717) is 6.20 Å². The Hall–Kier alpha value is -1.17. The highest BCUT2D eigenvalue weighted by Crippen LogP contribution is 2.39. The molecule has 0 aliphatic rings. The molecule has 0 aliphatic heterocycles. The first-order valence-electron chi connectivity index (χ1n) is 5.15. The summed E-state index contributed by atoms with van der Waals surface area (Å²) < 4.78 is 38.8. The van der Waals surface area contributed by atoms with Gasteiger partial charge in [-0.1, -0.05) is 34.8 Å². The maximum atomic E-state index is 12.9. The molecule has 8 heteroatoms. The van der Waals surface area contributed by atoms with Crippen LogP contribution >= 0.6 is 34.8 Å².